The van der Waals surface area contributed by atoms with Gasteiger partial charge < -0.3 is 5.32 Å². The van der Waals surface area contributed by atoms with Gasteiger partial charge in [-0.15, -0.1) is 11.3 Å². The molecule has 1 N–H and O–H groups in total. The number of thiophene rings is 1. The number of nitrogens with one attached hydrogen (secondary N) is 1. The van der Waals surface area contributed by atoms with Gasteiger partial charge in [0.05, 0.1) is 10.6 Å². The minimum Gasteiger partial charge on any atom is -0.380 e. The smallest absolute Gasteiger partial charge is 0.380 e. The quantitative estimate of drug-likeness (QED) is 0.807. The van der Waals surface area contributed by atoms with E-state index in [4.69, 9.17) is 11.6 Å². The highest BCUT2D eigenvalue weighted by atomic mass is 35.5. The Morgan fingerprint density at radius 1 is 1.21 bits per heavy atom. The molecule has 0 atom stereocenters. The van der Waals surface area contributed by atoms with Crippen molar-refractivity contribution in [2.75, 3.05) is 5.32 Å². The molecule has 0 spiro atoms. The van der Waals surface area contributed by atoms with Gasteiger partial charge in [-0.05, 0) is 37.3 Å². The molecule has 0 radical (unpaired) electrons. The van der Waals surface area contributed by atoms with Gasteiger partial charge >= 0.3 is 6.18 Å². The fourth-order valence-electron chi connectivity index (χ4n) is 1.62. The Balaban J connectivity index is 2.13. The average molecular weight is 306 g/mol. The molecule has 0 aliphatic rings. The van der Waals surface area contributed by atoms with Crippen LogP contribution in [0.4, 0.5) is 18.9 Å². The molecule has 0 saturated carbocycles. The van der Waals surface area contributed by atoms with Crippen molar-refractivity contribution in [2.45, 2.75) is 19.6 Å². The Hall–Kier alpha value is -1.20. The number of rotatable bonds is 3. The third kappa shape index (κ3) is 3.64. The fraction of sp³-hybridized carbons (Fsp3) is 0.231. The van der Waals surface area contributed by atoms with Crippen LogP contribution in [0, 0.1) is 6.92 Å². The topological polar surface area (TPSA) is 12.0 Å². The van der Waals surface area contributed by atoms with Crippen molar-refractivity contribution >= 4 is 28.6 Å². The van der Waals surface area contributed by atoms with Gasteiger partial charge in [0.25, 0.3) is 0 Å². The molecule has 2 aromatic rings. The number of hydrogen-bond acceptors (Lipinski definition) is 2. The minimum atomic E-state index is -4.44. The van der Waals surface area contributed by atoms with Gasteiger partial charge in [-0.2, -0.15) is 13.2 Å². The van der Waals surface area contributed by atoms with E-state index in [0.29, 0.717) is 12.2 Å². The van der Waals surface area contributed by atoms with Crippen LogP contribution in [0.15, 0.2) is 30.3 Å². The molecule has 19 heavy (non-hydrogen) atoms. The van der Waals surface area contributed by atoms with Crippen LogP contribution in [-0.2, 0) is 12.7 Å². The first-order valence-electron chi connectivity index (χ1n) is 5.52. The van der Waals surface area contributed by atoms with Gasteiger partial charge in [0.15, 0.2) is 0 Å². The largest absolute Gasteiger partial charge is 0.417 e. The third-order valence-electron chi connectivity index (χ3n) is 2.53. The molecule has 0 bridgehead atoms. The highest BCUT2D eigenvalue weighted by Crippen LogP contribution is 2.36. The zero-order chi connectivity index (χ0) is 14.0. The minimum absolute atomic E-state index is 0.287. The van der Waals surface area contributed by atoms with Crippen LogP contribution in [0.2, 0.25) is 5.02 Å². The molecule has 2 rings (SSSR count). The Morgan fingerprint density at radius 2 is 1.95 bits per heavy atom. The standard InChI is InChI=1S/C13H11ClF3NS/c1-8-2-4-10(19-8)7-18-9-3-5-12(14)11(6-9)13(15,16)17/h2-6,18H,7H2,1H3. The third-order valence-corrected chi connectivity index (χ3v) is 3.86. The fourth-order valence-corrected chi connectivity index (χ4v) is 2.68. The summed E-state index contributed by atoms with van der Waals surface area (Å²) in [5, 5.41) is 2.68. The van der Waals surface area contributed by atoms with E-state index < -0.39 is 11.7 Å². The Labute approximate surface area is 118 Å². The SMILES string of the molecule is Cc1ccc(CNc2ccc(Cl)c(C(F)(F)F)c2)s1. The van der Waals surface area contributed by atoms with Crippen LogP contribution in [-0.4, -0.2) is 0 Å². The van der Waals surface area contributed by atoms with Gasteiger partial charge in [-0.25, -0.2) is 0 Å². The van der Waals surface area contributed by atoms with E-state index in [2.05, 4.69) is 5.32 Å². The summed E-state index contributed by atoms with van der Waals surface area (Å²) in [5.41, 5.74) is -0.413. The lowest BCUT2D eigenvalue weighted by Crippen LogP contribution is -2.07. The molecule has 0 aliphatic heterocycles. The molecule has 6 heteroatoms. The second kappa shape index (κ2) is 5.43. The molecule has 0 unspecified atom stereocenters. The molecule has 102 valence electrons. The maximum absolute atomic E-state index is 12.7. The summed E-state index contributed by atoms with van der Waals surface area (Å²) in [7, 11) is 0. The number of alkyl halides is 3. The van der Waals surface area contributed by atoms with Gasteiger partial charge in [0.2, 0.25) is 0 Å². The number of hydrogen-bond donors (Lipinski definition) is 1. The summed E-state index contributed by atoms with van der Waals surface area (Å²) >= 11 is 7.16. The molecular weight excluding hydrogens is 295 g/mol. The van der Waals surface area contributed by atoms with Crippen LogP contribution >= 0.6 is 22.9 Å². The summed E-state index contributed by atoms with van der Waals surface area (Å²) in [6, 6.07) is 7.76. The second-order valence-electron chi connectivity index (χ2n) is 4.06. The van der Waals surface area contributed by atoms with Crippen molar-refractivity contribution in [3.63, 3.8) is 0 Å². The van der Waals surface area contributed by atoms with Gasteiger partial charge in [-0.3, -0.25) is 0 Å². The first-order chi connectivity index (χ1) is 8.86. The van der Waals surface area contributed by atoms with Crippen molar-refractivity contribution in [3.8, 4) is 0 Å². The van der Waals surface area contributed by atoms with E-state index in [-0.39, 0.29) is 5.02 Å². The first kappa shape index (κ1) is 14.2. The highest BCUT2D eigenvalue weighted by Gasteiger charge is 2.33. The van der Waals surface area contributed by atoms with Crippen LogP contribution in [0.3, 0.4) is 0 Å². The van der Waals surface area contributed by atoms with E-state index in [9.17, 15) is 13.2 Å². The van der Waals surface area contributed by atoms with E-state index in [1.807, 2.05) is 19.1 Å². The molecule has 1 nitrogen and oxygen atoms in total. The lowest BCUT2D eigenvalue weighted by Gasteiger charge is -2.12. The lowest BCUT2D eigenvalue weighted by atomic mass is 10.2. The number of benzene rings is 1. The van der Waals surface area contributed by atoms with E-state index in [1.54, 1.807) is 11.3 Å². The Kier molecular flexibility index (Phi) is 4.06. The van der Waals surface area contributed by atoms with Crippen molar-refractivity contribution < 1.29 is 13.2 Å². The average Bonchev–Trinajstić information content (AvgIpc) is 2.72. The van der Waals surface area contributed by atoms with Crippen LogP contribution in [0.25, 0.3) is 0 Å². The Bertz CT molecular complexity index is 578. The van der Waals surface area contributed by atoms with E-state index >= 15 is 0 Å². The highest BCUT2D eigenvalue weighted by molar-refractivity contribution is 7.11. The number of halogens is 4. The maximum Gasteiger partial charge on any atom is 0.417 e. The van der Waals surface area contributed by atoms with Crippen LogP contribution in [0.1, 0.15) is 15.3 Å². The van der Waals surface area contributed by atoms with E-state index in [1.165, 1.54) is 17.0 Å². The predicted molar refractivity (Wildman–Crippen MR) is 72.8 cm³/mol. The Morgan fingerprint density at radius 3 is 2.53 bits per heavy atom. The molecule has 0 aliphatic carbocycles. The van der Waals surface area contributed by atoms with Crippen LogP contribution < -0.4 is 5.32 Å². The van der Waals surface area contributed by atoms with Crippen molar-refractivity contribution in [1.82, 2.24) is 0 Å². The second-order valence-corrected chi connectivity index (χ2v) is 5.84. The maximum atomic E-state index is 12.7. The zero-order valence-electron chi connectivity index (χ0n) is 10.0. The van der Waals surface area contributed by atoms with Crippen molar-refractivity contribution in [1.29, 1.82) is 0 Å². The summed E-state index contributed by atoms with van der Waals surface area (Å²) < 4.78 is 38.1. The van der Waals surface area contributed by atoms with Gasteiger partial charge in [0, 0.05) is 22.0 Å². The van der Waals surface area contributed by atoms with Crippen molar-refractivity contribution in [2.24, 2.45) is 0 Å². The molecular formula is C13H11ClF3NS. The molecule has 1 aromatic carbocycles. The summed E-state index contributed by atoms with van der Waals surface area (Å²) in [6.07, 6.45) is -4.44. The van der Waals surface area contributed by atoms with Gasteiger partial charge in [-0.1, -0.05) is 11.6 Å². The molecule has 0 saturated heterocycles. The normalized spacial score (nSPS) is 11.6. The monoisotopic (exact) mass is 305 g/mol. The van der Waals surface area contributed by atoms with Crippen molar-refractivity contribution in [3.05, 3.63) is 50.7 Å². The zero-order valence-corrected chi connectivity index (χ0v) is 11.6. The summed E-state index contributed by atoms with van der Waals surface area (Å²) in [4.78, 5) is 2.24. The van der Waals surface area contributed by atoms with E-state index in [0.717, 1.165) is 10.9 Å². The molecule has 0 fully saturated rings. The summed E-state index contributed by atoms with van der Waals surface area (Å²) in [5.74, 6) is 0. The summed E-state index contributed by atoms with van der Waals surface area (Å²) in [6.45, 7) is 2.48. The first-order valence-corrected chi connectivity index (χ1v) is 6.71. The number of anilines is 1. The van der Waals surface area contributed by atoms with Crippen LogP contribution in [0.5, 0.6) is 0 Å². The lowest BCUT2D eigenvalue weighted by molar-refractivity contribution is -0.137. The molecule has 0 amide bonds. The number of aryl methyl sites for hydroxylation is 1. The predicted octanol–water partition coefficient (Wildman–Crippen LogP) is 5.34. The van der Waals surface area contributed by atoms with Gasteiger partial charge in [0.1, 0.15) is 0 Å². The molecule has 1 aromatic heterocycles. The molecule has 1 heterocycles.